The molecule has 2 unspecified atom stereocenters. The summed E-state index contributed by atoms with van der Waals surface area (Å²) >= 11 is 0. The van der Waals surface area contributed by atoms with Gasteiger partial charge in [-0.05, 0) is 38.7 Å². The Morgan fingerprint density at radius 1 is 1.24 bits per heavy atom. The third-order valence-corrected chi connectivity index (χ3v) is 3.68. The average Bonchev–Trinajstić information content (AvgIpc) is 2.28. The molecule has 1 aromatic rings. The van der Waals surface area contributed by atoms with Crippen LogP contribution in [0.4, 0.5) is 5.95 Å². The van der Waals surface area contributed by atoms with Gasteiger partial charge in [0.25, 0.3) is 0 Å². The van der Waals surface area contributed by atoms with Gasteiger partial charge < -0.3 is 5.32 Å². The summed E-state index contributed by atoms with van der Waals surface area (Å²) in [4.78, 5) is 8.91. The predicted molar refractivity (Wildman–Crippen MR) is 71.2 cm³/mol. The molecule has 1 aromatic heterocycles. The minimum Gasteiger partial charge on any atom is -0.351 e. The van der Waals surface area contributed by atoms with E-state index in [0.29, 0.717) is 6.04 Å². The molecule has 0 aromatic carbocycles. The molecule has 3 nitrogen and oxygen atoms in total. The quantitative estimate of drug-likeness (QED) is 0.868. The van der Waals surface area contributed by atoms with Crippen LogP contribution in [0.15, 0.2) is 6.07 Å². The number of nitrogens with one attached hydrogen (secondary N) is 1. The van der Waals surface area contributed by atoms with Crippen LogP contribution < -0.4 is 5.32 Å². The first-order valence-corrected chi connectivity index (χ1v) is 6.76. The molecule has 1 fully saturated rings. The van der Waals surface area contributed by atoms with Crippen LogP contribution in [0.2, 0.25) is 0 Å². The zero-order valence-electron chi connectivity index (χ0n) is 11.2. The van der Waals surface area contributed by atoms with Crippen molar-refractivity contribution in [2.45, 2.75) is 58.9 Å². The predicted octanol–water partition coefficient (Wildman–Crippen LogP) is 3.47. The van der Waals surface area contributed by atoms with E-state index in [1.807, 2.05) is 19.9 Å². The van der Waals surface area contributed by atoms with Crippen LogP contribution in [0.1, 0.15) is 50.4 Å². The maximum atomic E-state index is 4.46. The average molecular weight is 233 g/mol. The first-order valence-electron chi connectivity index (χ1n) is 6.76. The highest BCUT2D eigenvalue weighted by Gasteiger charge is 2.21. The molecular formula is C14H23N3. The fraction of sp³-hybridized carbons (Fsp3) is 0.714. The Hall–Kier alpha value is -1.12. The van der Waals surface area contributed by atoms with E-state index in [1.165, 1.54) is 32.1 Å². The van der Waals surface area contributed by atoms with Crippen LogP contribution in [-0.2, 0) is 0 Å². The first kappa shape index (κ1) is 12.3. The van der Waals surface area contributed by atoms with Gasteiger partial charge in [-0.15, -0.1) is 0 Å². The fourth-order valence-electron chi connectivity index (χ4n) is 2.77. The summed E-state index contributed by atoms with van der Waals surface area (Å²) in [5, 5.41) is 3.50. The minimum atomic E-state index is 0.565. The summed E-state index contributed by atoms with van der Waals surface area (Å²) in [6.45, 7) is 6.34. The van der Waals surface area contributed by atoms with E-state index in [4.69, 9.17) is 0 Å². The Balaban J connectivity index is 2.00. The Kier molecular flexibility index (Phi) is 3.97. The van der Waals surface area contributed by atoms with Gasteiger partial charge in [-0.3, -0.25) is 0 Å². The maximum absolute atomic E-state index is 4.46. The summed E-state index contributed by atoms with van der Waals surface area (Å²) < 4.78 is 0. The molecule has 1 heterocycles. The van der Waals surface area contributed by atoms with Crippen LogP contribution in [0.25, 0.3) is 0 Å². The largest absolute Gasteiger partial charge is 0.351 e. The summed E-state index contributed by atoms with van der Waals surface area (Å²) in [5.74, 6) is 1.69. The molecule has 1 saturated carbocycles. The molecule has 1 aliphatic rings. The zero-order valence-corrected chi connectivity index (χ0v) is 11.2. The maximum Gasteiger partial charge on any atom is 0.223 e. The van der Waals surface area contributed by atoms with Gasteiger partial charge in [0.15, 0.2) is 0 Å². The van der Waals surface area contributed by atoms with E-state index in [0.717, 1.165) is 23.3 Å². The minimum absolute atomic E-state index is 0.565. The van der Waals surface area contributed by atoms with Gasteiger partial charge in [-0.2, -0.15) is 0 Å². The van der Waals surface area contributed by atoms with Crippen LogP contribution in [0, 0.1) is 19.8 Å². The number of hydrogen-bond acceptors (Lipinski definition) is 3. The highest BCUT2D eigenvalue weighted by Crippen LogP contribution is 2.28. The van der Waals surface area contributed by atoms with Crippen molar-refractivity contribution >= 4 is 5.95 Å². The van der Waals surface area contributed by atoms with Crippen molar-refractivity contribution in [3.05, 3.63) is 17.5 Å². The molecule has 17 heavy (non-hydrogen) atoms. The normalized spacial score (nSPS) is 24.6. The van der Waals surface area contributed by atoms with Gasteiger partial charge in [0.05, 0.1) is 0 Å². The highest BCUT2D eigenvalue weighted by molar-refractivity contribution is 5.29. The number of hydrogen-bond donors (Lipinski definition) is 1. The third-order valence-electron chi connectivity index (χ3n) is 3.68. The molecule has 0 aliphatic heterocycles. The highest BCUT2D eigenvalue weighted by atomic mass is 15.1. The van der Waals surface area contributed by atoms with E-state index in [2.05, 4.69) is 22.2 Å². The topological polar surface area (TPSA) is 37.8 Å². The summed E-state index contributed by atoms with van der Waals surface area (Å²) in [5.41, 5.74) is 2.09. The molecule has 94 valence electrons. The molecule has 2 atom stereocenters. The van der Waals surface area contributed by atoms with Crippen molar-refractivity contribution < 1.29 is 0 Å². The molecule has 3 heteroatoms. The summed E-state index contributed by atoms with van der Waals surface area (Å²) in [7, 11) is 0. The lowest BCUT2D eigenvalue weighted by Crippen LogP contribution is -2.28. The standard InChI is InChI=1S/C14H23N3/c1-4-12-6-5-7-13(9-12)17-14-15-10(2)8-11(3)16-14/h8,12-13H,4-7,9H2,1-3H3,(H,15,16,17). The van der Waals surface area contributed by atoms with E-state index >= 15 is 0 Å². The van der Waals surface area contributed by atoms with E-state index < -0.39 is 0 Å². The lowest BCUT2D eigenvalue weighted by Gasteiger charge is -2.29. The van der Waals surface area contributed by atoms with Gasteiger partial charge in [0, 0.05) is 17.4 Å². The molecule has 0 saturated heterocycles. The van der Waals surface area contributed by atoms with Gasteiger partial charge in [-0.25, -0.2) is 9.97 Å². The van der Waals surface area contributed by atoms with Gasteiger partial charge >= 0.3 is 0 Å². The molecule has 2 rings (SSSR count). The van der Waals surface area contributed by atoms with Crippen molar-refractivity contribution in [1.29, 1.82) is 0 Å². The molecule has 1 N–H and O–H groups in total. The molecule has 0 amide bonds. The van der Waals surface area contributed by atoms with E-state index in [1.54, 1.807) is 0 Å². The van der Waals surface area contributed by atoms with Crippen molar-refractivity contribution in [2.75, 3.05) is 5.32 Å². The molecule has 0 radical (unpaired) electrons. The van der Waals surface area contributed by atoms with Crippen molar-refractivity contribution in [3.8, 4) is 0 Å². The summed E-state index contributed by atoms with van der Waals surface area (Å²) in [6, 6.07) is 2.58. The number of anilines is 1. The number of rotatable bonds is 3. The van der Waals surface area contributed by atoms with Gasteiger partial charge in [-0.1, -0.05) is 26.2 Å². The van der Waals surface area contributed by atoms with Crippen LogP contribution in [-0.4, -0.2) is 16.0 Å². The zero-order chi connectivity index (χ0) is 12.3. The number of nitrogens with zero attached hydrogens (tertiary/aromatic N) is 2. The fourth-order valence-corrected chi connectivity index (χ4v) is 2.77. The second kappa shape index (κ2) is 5.48. The molecule has 0 bridgehead atoms. The Bertz CT molecular complexity index is 355. The number of aromatic nitrogens is 2. The molecular weight excluding hydrogens is 210 g/mol. The smallest absolute Gasteiger partial charge is 0.223 e. The Labute approximate surface area is 104 Å². The SMILES string of the molecule is CCC1CCCC(Nc2nc(C)cc(C)n2)C1. The summed E-state index contributed by atoms with van der Waals surface area (Å²) in [6.07, 6.45) is 6.55. The van der Waals surface area contributed by atoms with Gasteiger partial charge in [0.1, 0.15) is 0 Å². The van der Waals surface area contributed by atoms with E-state index in [9.17, 15) is 0 Å². The Morgan fingerprint density at radius 3 is 2.59 bits per heavy atom. The van der Waals surface area contributed by atoms with Crippen LogP contribution in [0.3, 0.4) is 0 Å². The second-order valence-electron chi connectivity index (χ2n) is 5.26. The molecule has 1 aliphatic carbocycles. The van der Waals surface area contributed by atoms with Gasteiger partial charge in [0.2, 0.25) is 5.95 Å². The molecule has 0 spiro atoms. The Morgan fingerprint density at radius 2 is 1.94 bits per heavy atom. The third kappa shape index (κ3) is 3.42. The monoisotopic (exact) mass is 233 g/mol. The lowest BCUT2D eigenvalue weighted by atomic mass is 9.84. The first-order chi connectivity index (χ1) is 8.17. The van der Waals surface area contributed by atoms with Crippen molar-refractivity contribution in [1.82, 2.24) is 9.97 Å². The second-order valence-corrected chi connectivity index (χ2v) is 5.26. The van der Waals surface area contributed by atoms with Crippen molar-refractivity contribution in [3.63, 3.8) is 0 Å². The van der Waals surface area contributed by atoms with Crippen LogP contribution >= 0.6 is 0 Å². The van der Waals surface area contributed by atoms with E-state index in [-0.39, 0.29) is 0 Å². The van der Waals surface area contributed by atoms with Crippen molar-refractivity contribution in [2.24, 2.45) is 5.92 Å². The van der Waals surface area contributed by atoms with Crippen LogP contribution in [0.5, 0.6) is 0 Å². The lowest BCUT2D eigenvalue weighted by molar-refractivity contribution is 0.326. The number of aryl methyl sites for hydroxylation is 2.